The van der Waals surface area contributed by atoms with Crippen LogP contribution < -0.4 is 14.4 Å². The highest BCUT2D eigenvalue weighted by Crippen LogP contribution is 2.57. The van der Waals surface area contributed by atoms with Crippen molar-refractivity contribution in [1.29, 1.82) is 0 Å². The number of carbonyl (C=O) groups is 2. The fraction of sp³-hybridized carbons (Fsp3) is 0.273. The highest BCUT2D eigenvalue weighted by molar-refractivity contribution is 6.08. The van der Waals surface area contributed by atoms with E-state index in [1.54, 1.807) is 18.2 Å². The molecule has 4 heterocycles. The molecule has 4 aliphatic heterocycles. The molecule has 4 aliphatic rings. The van der Waals surface area contributed by atoms with Crippen LogP contribution in [-0.2, 0) is 19.9 Å². The van der Waals surface area contributed by atoms with Gasteiger partial charge in [-0.1, -0.05) is 24.3 Å². The molecule has 30 heavy (non-hydrogen) atoms. The summed E-state index contributed by atoms with van der Waals surface area (Å²) in [6, 6.07) is 12.0. The number of aliphatic hydroxyl groups is 1. The van der Waals surface area contributed by atoms with E-state index in [2.05, 4.69) is 0 Å². The maximum Gasteiger partial charge on any atom is 0.328 e. The molecule has 0 aromatic heterocycles. The van der Waals surface area contributed by atoms with Crippen LogP contribution in [0.2, 0.25) is 0 Å². The van der Waals surface area contributed by atoms with Crippen LogP contribution in [0.15, 0.2) is 48.2 Å². The fourth-order valence-corrected chi connectivity index (χ4v) is 5.04. The van der Waals surface area contributed by atoms with Gasteiger partial charge in [0, 0.05) is 17.7 Å². The van der Waals surface area contributed by atoms with E-state index in [1.807, 2.05) is 35.2 Å². The van der Waals surface area contributed by atoms with Gasteiger partial charge in [-0.05, 0) is 29.8 Å². The lowest BCUT2D eigenvalue weighted by Crippen LogP contribution is -2.45. The summed E-state index contributed by atoms with van der Waals surface area (Å²) < 4.78 is 15.7. The Morgan fingerprint density at radius 1 is 1.23 bits per heavy atom. The molecule has 2 aromatic carbocycles. The highest BCUT2D eigenvalue weighted by Gasteiger charge is 2.68. The molecule has 1 N–H and O–H groups in total. The molecule has 0 spiro atoms. The van der Waals surface area contributed by atoms with Crippen molar-refractivity contribution < 1.29 is 28.9 Å². The topological polar surface area (TPSA) is 88.5 Å². The molecule has 0 radical (unpaired) electrons. The van der Waals surface area contributed by atoms with E-state index < -0.39 is 23.8 Å². The molecular formula is C22H18N2O6. The number of esters is 1. The molecular weight excluding hydrogens is 388 g/mol. The van der Waals surface area contributed by atoms with Crippen LogP contribution in [0.5, 0.6) is 11.5 Å². The molecule has 2 aromatic rings. The van der Waals surface area contributed by atoms with E-state index in [4.69, 9.17) is 14.2 Å². The smallest absolute Gasteiger partial charge is 0.328 e. The van der Waals surface area contributed by atoms with E-state index in [0.717, 1.165) is 11.3 Å². The Hall–Kier alpha value is -3.52. The van der Waals surface area contributed by atoms with Crippen molar-refractivity contribution >= 4 is 23.6 Å². The first-order chi connectivity index (χ1) is 14.5. The molecule has 6 rings (SSSR count). The summed E-state index contributed by atoms with van der Waals surface area (Å²) in [7, 11) is 1.29. The summed E-state index contributed by atoms with van der Waals surface area (Å²) >= 11 is 0. The lowest BCUT2D eigenvalue weighted by atomic mass is 9.91. The van der Waals surface area contributed by atoms with Gasteiger partial charge >= 0.3 is 5.97 Å². The summed E-state index contributed by atoms with van der Waals surface area (Å²) in [6.07, 6.45) is 1.16. The predicted octanol–water partition coefficient (Wildman–Crippen LogP) is 1.58. The number of nitrogens with zero attached hydrogens (tertiary/aromatic N) is 2. The average Bonchev–Trinajstić information content (AvgIpc) is 3.47. The first kappa shape index (κ1) is 17.3. The van der Waals surface area contributed by atoms with Gasteiger partial charge in [-0.3, -0.25) is 9.69 Å². The Balaban J connectivity index is 1.52. The van der Waals surface area contributed by atoms with Crippen LogP contribution in [0.25, 0.3) is 6.08 Å². The molecule has 3 atom stereocenters. The lowest BCUT2D eigenvalue weighted by molar-refractivity contribution is -0.149. The number of rotatable bonds is 2. The van der Waals surface area contributed by atoms with Crippen LogP contribution >= 0.6 is 0 Å². The molecule has 2 saturated heterocycles. The minimum absolute atomic E-state index is 0.0981. The molecule has 1 amide bonds. The molecule has 8 heteroatoms. The van der Waals surface area contributed by atoms with Gasteiger partial charge in [0.25, 0.3) is 5.91 Å². The van der Waals surface area contributed by atoms with Crippen LogP contribution in [0.4, 0.5) is 5.69 Å². The molecule has 0 unspecified atom stereocenters. The van der Waals surface area contributed by atoms with Gasteiger partial charge in [-0.25, -0.2) is 4.79 Å². The number of hydrogen-bond acceptors (Lipinski definition) is 7. The minimum atomic E-state index is -1.35. The van der Waals surface area contributed by atoms with Crippen molar-refractivity contribution in [2.45, 2.75) is 24.2 Å². The van der Waals surface area contributed by atoms with Crippen LogP contribution in [0.1, 0.15) is 17.5 Å². The molecule has 0 bridgehead atoms. The molecule has 8 nitrogen and oxygen atoms in total. The number of fused-ring (bicyclic) bond motifs is 4. The summed E-state index contributed by atoms with van der Waals surface area (Å²) in [5.74, 6) is 0.412. The van der Waals surface area contributed by atoms with Crippen LogP contribution in [-0.4, -0.2) is 48.0 Å². The van der Waals surface area contributed by atoms with Crippen molar-refractivity contribution in [3.8, 4) is 11.5 Å². The van der Waals surface area contributed by atoms with Crippen molar-refractivity contribution in [3.63, 3.8) is 0 Å². The number of benzene rings is 2. The van der Waals surface area contributed by atoms with Crippen LogP contribution in [0, 0.1) is 0 Å². The monoisotopic (exact) mass is 406 g/mol. The number of hydrogen-bond donors (Lipinski definition) is 1. The third kappa shape index (κ3) is 2.03. The third-order valence-corrected chi connectivity index (χ3v) is 6.29. The summed E-state index contributed by atoms with van der Waals surface area (Å²) in [5, 5.41) is 11.6. The van der Waals surface area contributed by atoms with E-state index >= 15 is 0 Å². The van der Waals surface area contributed by atoms with Gasteiger partial charge < -0.3 is 24.2 Å². The van der Waals surface area contributed by atoms with Gasteiger partial charge in [-0.15, -0.1) is 0 Å². The van der Waals surface area contributed by atoms with Gasteiger partial charge in [-0.2, -0.15) is 0 Å². The number of anilines is 1. The zero-order valence-corrected chi connectivity index (χ0v) is 16.1. The maximum atomic E-state index is 13.4. The first-order valence-corrected chi connectivity index (χ1v) is 9.66. The second kappa shape index (κ2) is 5.76. The van der Waals surface area contributed by atoms with Gasteiger partial charge in [0.05, 0.1) is 7.11 Å². The minimum Gasteiger partial charge on any atom is -0.467 e. The molecule has 0 saturated carbocycles. The predicted molar refractivity (Wildman–Crippen MR) is 104 cm³/mol. The SMILES string of the molecule is COC(=O)[C@@H]1C[C@]2(O)c3ccccc3N3/C(=C\c4ccc5c(c4)OCO5)C(=O)N1[C@@H]32. The second-order valence-electron chi connectivity index (χ2n) is 7.78. The third-order valence-electron chi connectivity index (χ3n) is 6.29. The van der Waals surface area contributed by atoms with Gasteiger partial charge in [0.1, 0.15) is 23.5 Å². The van der Waals surface area contributed by atoms with E-state index in [1.165, 1.54) is 12.0 Å². The summed E-state index contributed by atoms with van der Waals surface area (Å²) in [4.78, 5) is 29.1. The van der Waals surface area contributed by atoms with Crippen molar-refractivity contribution in [2.75, 3.05) is 18.8 Å². The van der Waals surface area contributed by atoms with Crippen molar-refractivity contribution in [2.24, 2.45) is 0 Å². The molecule has 152 valence electrons. The Labute approximate surface area is 171 Å². The van der Waals surface area contributed by atoms with Crippen molar-refractivity contribution in [1.82, 2.24) is 4.90 Å². The number of amides is 1. The molecule has 2 fully saturated rings. The Morgan fingerprint density at radius 2 is 2.03 bits per heavy atom. The first-order valence-electron chi connectivity index (χ1n) is 9.66. The second-order valence-corrected chi connectivity index (χ2v) is 7.78. The quantitative estimate of drug-likeness (QED) is 0.598. The van der Waals surface area contributed by atoms with E-state index in [-0.39, 0.29) is 19.1 Å². The Morgan fingerprint density at radius 3 is 2.87 bits per heavy atom. The lowest BCUT2D eigenvalue weighted by Gasteiger charge is -2.26. The van der Waals surface area contributed by atoms with Gasteiger partial charge in [0.15, 0.2) is 11.5 Å². The van der Waals surface area contributed by atoms with Crippen LogP contribution in [0.3, 0.4) is 0 Å². The number of carbonyl (C=O) groups excluding carboxylic acids is 2. The van der Waals surface area contributed by atoms with Crippen molar-refractivity contribution in [3.05, 3.63) is 59.3 Å². The Bertz CT molecular complexity index is 1140. The highest BCUT2D eigenvalue weighted by atomic mass is 16.7. The van der Waals surface area contributed by atoms with Gasteiger partial charge in [0.2, 0.25) is 6.79 Å². The summed E-state index contributed by atoms with van der Waals surface area (Å²) in [6.45, 7) is 0.164. The van der Waals surface area contributed by atoms with E-state index in [0.29, 0.717) is 22.8 Å². The number of ether oxygens (including phenoxy) is 3. The number of para-hydroxylation sites is 1. The summed E-state index contributed by atoms with van der Waals surface area (Å²) in [5.41, 5.74) is 1.25. The average molecular weight is 406 g/mol. The molecule has 0 aliphatic carbocycles. The number of methoxy groups -OCH3 is 1. The van der Waals surface area contributed by atoms with E-state index in [9.17, 15) is 14.7 Å². The zero-order chi connectivity index (χ0) is 20.6. The normalized spacial score (nSPS) is 28.9. The fourth-order valence-electron chi connectivity index (χ4n) is 5.04. The largest absolute Gasteiger partial charge is 0.467 e. The zero-order valence-electron chi connectivity index (χ0n) is 16.1. The Kier molecular flexibility index (Phi) is 3.33. The standard InChI is InChI=1S/C22H18N2O6/c1-28-20(26)16-10-22(27)13-4-2-3-5-14(13)23-15(19(25)24(16)21(22)23)8-12-6-7-17-18(9-12)30-11-29-17/h2-9,16,21,27H,10-11H2,1H3/b15-8-/t16-,21+,22-/m0/s1. The maximum absolute atomic E-state index is 13.4.